The van der Waals surface area contributed by atoms with Crippen LogP contribution in [0, 0.1) is 0 Å². The normalized spacial score (nSPS) is 15.6. The van der Waals surface area contributed by atoms with Crippen molar-refractivity contribution in [1.29, 1.82) is 0 Å². The molecule has 5 heteroatoms. The first-order valence-electron chi connectivity index (χ1n) is 6.93. The summed E-state index contributed by atoms with van der Waals surface area (Å²) in [6.45, 7) is 2.58. The van der Waals surface area contributed by atoms with Crippen LogP contribution < -0.4 is 10.1 Å². The van der Waals surface area contributed by atoms with Crippen molar-refractivity contribution >= 4 is 11.8 Å². The molecule has 2 rings (SSSR count). The number of methoxy groups -OCH3 is 1. The van der Waals surface area contributed by atoms with Crippen LogP contribution in [0.25, 0.3) is 0 Å². The summed E-state index contributed by atoms with van der Waals surface area (Å²) in [6, 6.07) is 5.89. The number of ether oxygens (including phenoxy) is 1. The third-order valence-electron chi connectivity index (χ3n) is 3.24. The van der Waals surface area contributed by atoms with E-state index in [1.54, 1.807) is 7.11 Å². The Morgan fingerprint density at radius 3 is 3.00 bits per heavy atom. The largest absolute Gasteiger partial charge is 0.497 e. The summed E-state index contributed by atoms with van der Waals surface area (Å²) in [4.78, 5) is 16.3. The zero-order valence-electron chi connectivity index (χ0n) is 11.9. The number of hydrogen-bond donors (Lipinski definition) is 1. The molecule has 108 valence electrons. The standard InChI is InChI=1S/C15H20N2O3/c1-3-9-16-15(18)20-17-14-6-4-5-11-10-12(19-2)7-8-13(11)14/h7-8,10H,3-6,9H2,1-2H3,(H,16,18)/b17-14+. The fraction of sp³-hybridized carbons (Fsp3) is 0.467. The minimum absolute atomic E-state index is 0.500. The van der Waals surface area contributed by atoms with Crippen LogP contribution >= 0.6 is 0 Å². The Morgan fingerprint density at radius 2 is 2.25 bits per heavy atom. The maximum Gasteiger partial charge on any atom is 0.433 e. The minimum atomic E-state index is -0.500. The van der Waals surface area contributed by atoms with E-state index < -0.39 is 6.09 Å². The molecule has 5 nitrogen and oxygen atoms in total. The van der Waals surface area contributed by atoms with Crippen LogP contribution in [0.5, 0.6) is 5.75 Å². The van der Waals surface area contributed by atoms with Crippen LogP contribution in [0.15, 0.2) is 23.4 Å². The second kappa shape index (κ2) is 6.93. The molecule has 0 radical (unpaired) electrons. The van der Waals surface area contributed by atoms with Gasteiger partial charge in [0.1, 0.15) is 5.75 Å². The Labute approximate surface area is 118 Å². The molecule has 20 heavy (non-hydrogen) atoms. The molecule has 1 aromatic rings. The van der Waals surface area contributed by atoms with E-state index in [9.17, 15) is 4.79 Å². The molecule has 1 aromatic carbocycles. The van der Waals surface area contributed by atoms with Crippen molar-refractivity contribution in [2.24, 2.45) is 5.16 Å². The smallest absolute Gasteiger partial charge is 0.433 e. The van der Waals surface area contributed by atoms with Gasteiger partial charge in [0.2, 0.25) is 0 Å². The van der Waals surface area contributed by atoms with Gasteiger partial charge in [-0.1, -0.05) is 12.1 Å². The summed E-state index contributed by atoms with van der Waals surface area (Å²) >= 11 is 0. The van der Waals surface area contributed by atoms with E-state index in [1.807, 2.05) is 25.1 Å². The van der Waals surface area contributed by atoms with Crippen LogP contribution in [0.1, 0.15) is 37.3 Å². The average Bonchev–Trinajstić information content (AvgIpc) is 2.50. The number of carbonyl (C=O) groups is 1. The van der Waals surface area contributed by atoms with Crippen molar-refractivity contribution in [1.82, 2.24) is 5.32 Å². The number of carbonyl (C=O) groups excluding carboxylic acids is 1. The summed E-state index contributed by atoms with van der Waals surface area (Å²) in [5, 5.41) is 6.62. The molecule has 0 fully saturated rings. The zero-order valence-corrected chi connectivity index (χ0v) is 11.9. The maximum absolute atomic E-state index is 11.4. The van der Waals surface area contributed by atoms with Crippen LogP contribution in [0.2, 0.25) is 0 Å². The first-order valence-corrected chi connectivity index (χ1v) is 6.93. The molecule has 0 atom stereocenters. The fourth-order valence-electron chi connectivity index (χ4n) is 2.22. The average molecular weight is 276 g/mol. The SMILES string of the molecule is CCCNC(=O)O/N=C1\CCCc2cc(OC)ccc21. The van der Waals surface area contributed by atoms with E-state index in [4.69, 9.17) is 9.57 Å². The molecular formula is C15H20N2O3. The predicted molar refractivity (Wildman–Crippen MR) is 77.2 cm³/mol. The van der Waals surface area contributed by atoms with Gasteiger partial charge >= 0.3 is 6.09 Å². The second-order valence-electron chi connectivity index (χ2n) is 4.72. The highest BCUT2D eigenvalue weighted by Gasteiger charge is 2.17. The van der Waals surface area contributed by atoms with E-state index in [2.05, 4.69) is 10.5 Å². The third-order valence-corrected chi connectivity index (χ3v) is 3.24. The molecule has 0 spiro atoms. The highest BCUT2D eigenvalue weighted by molar-refractivity contribution is 6.02. The number of benzene rings is 1. The number of oxime groups is 1. The van der Waals surface area contributed by atoms with Crippen molar-refractivity contribution in [3.05, 3.63) is 29.3 Å². The van der Waals surface area contributed by atoms with Crippen LogP contribution in [0.3, 0.4) is 0 Å². The lowest BCUT2D eigenvalue weighted by molar-refractivity contribution is 0.150. The molecule has 1 amide bonds. The van der Waals surface area contributed by atoms with Gasteiger partial charge in [-0.05, 0) is 49.4 Å². The Hall–Kier alpha value is -2.04. The number of nitrogens with one attached hydrogen (secondary N) is 1. The molecule has 0 aromatic heterocycles. The Balaban J connectivity index is 2.09. The van der Waals surface area contributed by atoms with Gasteiger partial charge in [-0.15, -0.1) is 0 Å². The quantitative estimate of drug-likeness (QED) is 0.679. The van der Waals surface area contributed by atoms with Crippen molar-refractivity contribution in [2.75, 3.05) is 13.7 Å². The van der Waals surface area contributed by atoms with Crippen LogP contribution in [-0.4, -0.2) is 25.5 Å². The summed E-state index contributed by atoms with van der Waals surface area (Å²) in [5.74, 6) is 0.839. The molecule has 1 aliphatic rings. The molecule has 0 unspecified atom stereocenters. The fourth-order valence-corrected chi connectivity index (χ4v) is 2.22. The van der Waals surface area contributed by atoms with Gasteiger partial charge in [-0.2, -0.15) is 0 Å². The predicted octanol–water partition coefficient (Wildman–Crippen LogP) is 2.87. The number of nitrogens with zero attached hydrogens (tertiary/aromatic N) is 1. The summed E-state index contributed by atoms with van der Waals surface area (Å²) in [5.41, 5.74) is 3.05. The van der Waals surface area contributed by atoms with Gasteiger partial charge in [0, 0.05) is 12.1 Å². The topological polar surface area (TPSA) is 59.9 Å². The summed E-state index contributed by atoms with van der Waals surface area (Å²) in [7, 11) is 1.65. The highest BCUT2D eigenvalue weighted by atomic mass is 16.7. The van der Waals surface area contributed by atoms with E-state index in [0.29, 0.717) is 6.54 Å². The second-order valence-corrected chi connectivity index (χ2v) is 4.72. The molecule has 0 aliphatic heterocycles. The Kier molecular flexibility index (Phi) is 4.98. The lowest BCUT2D eigenvalue weighted by Crippen LogP contribution is -2.24. The molecule has 1 N–H and O–H groups in total. The number of hydrogen-bond acceptors (Lipinski definition) is 4. The lowest BCUT2D eigenvalue weighted by atomic mass is 9.90. The van der Waals surface area contributed by atoms with Crippen LogP contribution in [0.4, 0.5) is 4.79 Å². The summed E-state index contributed by atoms with van der Waals surface area (Å²) in [6.07, 6.45) is 3.18. The Morgan fingerprint density at radius 1 is 1.40 bits per heavy atom. The monoisotopic (exact) mass is 276 g/mol. The van der Waals surface area contributed by atoms with Crippen molar-refractivity contribution in [3.8, 4) is 5.75 Å². The van der Waals surface area contributed by atoms with Gasteiger partial charge < -0.3 is 10.1 Å². The van der Waals surface area contributed by atoms with Crippen molar-refractivity contribution in [3.63, 3.8) is 0 Å². The van der Waals surface area contributed by atoms with E-state index in [-0.39, 0.29) is 0 Å². The first kappa shape index (κ1) is 14.4. The van der Waals surface area contributed by atoms with Gasteiger partial charge in [-0.25, -0.2) is 4.79 Å². The van der Waals surface area contributed by atoms with Gasteiger partial charge in [-0.3, -0.25) is 4.84 Å². The number of amides is 1. The van der Waals surface area contributed by atoms with Crippen molar-refractivity contribution in [2.45, 2.75) is 32.6 Å². The zero-order chi connectivity index (χ0) is 14.4. The molecular weight excluding hydrogens is 256 g/mol. The highest BCUT2D eigenvalue weighted by Crippen LogP contribution is 2.25. The van der Waals surface area contributed by atoms with Gasteiger partial charge in [0.05, 0.1) is 12.8 Å². The molecule has 0 saturated carbocycles. The molecule has 1 aliphatic carbocycles. The van der Waals surface area contributed by atoms with Gasteiger partial charge in [0.25, 0.3) is 0 Å². The Bertz CT molecular complexity index is 512. The number of fused-ring (bicyclic) bond motifs is 1. The summed E-state index contributed by atoms with van der Waals surface area (Å²) < 4.78 is 5.22. The first-order chi connectivity index (χ1) is 9.74. The number of rotatable bonds is 4. The van der Waals surface area contributed by atoms with E-state index in [1.165, 1.54) is 5.56 Å². The maximum atomic E-state index is 11.4. The molecule has 0 saturated heterocycles. The van der Waals surface area contributed by atoms with Gasteiger partial charge in [0.15, 0.2) is 0 Å². The molecule has 0 bridgehead atoms. The van der Waals surface area contributed by atoms with E-state index in [0.717, 1.165) is 42.7 Å². The van der Waals surface area contributed by atoms with Crippen molar-refractivity contribution < 1.29 is 14.4 Å². The van der Waals surface area contributed by atoms with Crippen LogP contribution in [-0.2, 0) is 11.3 Å². The lowest BCUT2D eigenvalue weighted by Gasteiger charge is -2.17. The van der Waals surface area contributed by atoms with E-state index >= 15 is 0 Å². The number of aryl methyl sites for hydroxylation is 1. The minimum Gasteiger partial charge on any atom is -0.497 e. The third kappa shape index (κ3) is 3.50. The molecule has 0 heterocycles.